The van der Waals surface area contributed by atoms with Crippen molar-refractivity contribution >= 4 is 29.9 Å². The van der Waals surface area contributed by atoms with E-state index >= 15 is 0 Å². The van der Waals surface area contributed by atoms with Gasteiger partial charge in [0.2, 0.25) is 0 Å². The van der Waals surface area contributed by atoms with E-state index < -0.39 is 0 Å². The van der Waals surface area contributed by atoms with Gasteiger partial charge in [0.15, 0.2) is 11.8 Å². The fourth-order valence-corrected chi connectivity index (χ4v) is 3.26. The summed E-state index contributed by atoms with van der Waals surface area (Å²) in [7, 11) is 0. The molecule has 2 aromatic heterocycles. The predicted octanol–water partition coefficient (Wildman–Crippen LogP) is 4.32. The average Bonchev–Trinajstić information content (AvgIpc) is 3.08. The molecule has 0 bridgehead atoms. The van der Waals surface area contributed by atoms with Crippen molar-refractivity contribution in [3.05, 3.63) is 76.7 Å². The molecule has 3 aromatic rings. The van der Waals surface area contributed by atoms with Crippen molar-refractivity contribution in [2.24, 2.45) is 4.99 Å². The lowest BCUT2D eigenvalue weighted by Crippen LogP contribution is -2.37. The minimum absolute atomic E-state index is 0. The van der Waals surface area contributed by atoms with Gasteiger partial charge in [-0.1, -0.05) is 37.3 Å². The van der Waals surface area contributed by atoms with Crippen LogP contribution in [-0.2, 0) is 19.5 Å². The van der Waals surface area contributed by atoms with E-state index in [-0.39, 0.29) is 24.0 Å². The molecule has 0 spiro atoms. The molecule has 2 heterocycles. The highest BCUT2D eigenvalue weighted by Crippen LogP contribution is 2.11. The molecule has 0 aliphatic carbocycles. The molecule has 6 nitrogen and oxygen atoms in total. The highest BCUT2D eigenvalue weighted by Gasteiger charge is 2.06. The Morgan fingerprint density at radius 2 is 1.80 bits per heavy atom. The standard InChI is InChI=1S/C23H30N6.HI/c1-5-20-9-7-8-10-21(20)16-27-23(24-6-2)26-15-19-11-12-22(25-14-19)29-18(4)13-17(3)28-29;/h7-14H,5-6,15-16H2,1-4H3,(H2,24,26,27);1H. The molecule has 160 valence electrons. The maximum atomic E-state index is 4.71. The Morgan fingerprint density at radius 3 is 2.40 bits per heavy atom. The highest BCUT2D eigenvalue weighted by atomic mass is 127. The minimum Gasteiger partial charge on any atom is -0.357 e. The van der Waals surface area contributed by atoms with Gasteiger partial charge in [0.1, 0.15) is 0 Å². The fourth-order valence-electron chi connectivity index (χ4n) is 3.26. The van der Waals surface area contributed by atoms with E-state index in [0.29, 0.717) is 6.54 Å². The SMILES string of the molecule is CCNC(=NCc1ccc(-n2nc(C)cc2C)nc1)NCc1ccccc1CC.I. The molecule has 0 saturated carbocycles. The Labute approximate surface area is 196 Å². The summed E-state index contributed by atoms with van der Waals surface area (Å²) in [5.74, 6) is 1.63. The monoisotopic (exact) mass is 518 g/mol. The Hall–Kier alpha value is -2.42. The molecular formula is C23H31IN6. The number of hydrogen-bond donors (Lipinski definition) is 2. The van der Waals surface area contributed by atoms with Gasteiger partial charge in [-0.2, -0.15) is 5.10 Å². The molecule has 0 fully saturated rings. The van der Waals surface area contributed by atoms with E-state index in [4.69, 9.17) is 4.99 Å². The number of guanidine groups is 1. The summed E-state index contributed by atoms with van der Waals surface area (Å²) in [5, 5.41) is 11.2. The zero-order chi connectivity index (χ0) is 20.6. The van der Waals surface area contributed by atoms with Crippen LogP contribution in [0.15, 0.2) is 53.7 Å². The van der Waals surface area contributed by atoms with E-state index in [9.17, 15) is 0 Å². The summed E-state index contributed by atoms with van der Waals surface area (Å²) in [4.78, 5) is 9.26. The number of halogens is 1. The zero-order valence-electron chi connectivity index (χ0n) is 18.1. The van der Waals surface area contributed by atoms with E-state index in [1.54, 1.807) is 0 Å². The maximum Gasteiger partial charge on any atom is 0.191 e. The number of aromatic nitrogens is 3. The summed E-state index contributed by atoms with van der Waals surface area (Å²) in [6, 6.07) is 14.6. The number of aliphatic imine (C=N–C) groups is 1. The van der Waals surface area contributed by atoms with Crippen molar-refractivity contribution in [1.29, 1.82) is 0 Å². The fraction of sp³-hybridized carbons (Fsp3) is 0.348. The molecular weight excluding hydrogens is 487 g/mol. The van der Waals surface area contributed by atoms with Crippen molar-refractivity contribution in [1.82, 2.24) is 25.4 Å². The largest absolute Gasteiger partial charge is 0.357 e. The molecule has 0 saturated heterocycles. The highest BCUT2D eigenvalue weighted by molar-refractivity contribution is 14.0. The van der Waals surface area contributed by atoms with Gasteiger partial charge >= 0.3 is 0 Å². The van der Waals surface area contributed by atoms with Gasteiger partial charge in [0, 0.05) is 25.0 Å². The number of nitrogens with one attached hydrogen (secondary N) is 2. The van der Waals surface area contributed by atoms with Crippen molar-refractivity contribution in [2.45, 2.75) is 47.2 Å². The number of aryl methyl sites for hydroxylation is 3. The summed E-state index contributed by atoms with van der Waals surface area (Å²) in [5.41, 5.74) is 5.79. The van der Waals surface area contributed by atoms with Gasteiger partial charge in [0.05, 0.1) is 12.2 Å². The van der Waals surface area contributed by atoms with Crippen molar-refractivity contribution in [3.8, 4) is 5.82 Å². The average molecular weight is 518 g/mol. The van der Waals surface area contributed by atoms with Gasteiger partial charge in [-0.3, -0.25) is 0 Å². The third kappa shape index (κ3) is 6.29. The summed E-state index contributed by atoms with van der Waals surface area (Å²) in [6.45, 7) is 10.4. The molecule has 0 aliphatic rings. The predicted molar refractivity (Wildman–Crippen MR) is 134 cm³/mol. The van der Waals surface area contributed by atoms with Crippen LogP contribution in [0.25, 0.3) is 5.82 Å². The third-order valence-corrected chi connectivity index (χ3v) is 4.75. The van der Waals surface area contributed by atoms with Crippen LogP contribution in [0.1, 0.15) is 41.9 Å². The molecule has 0 radical (unpaired) electrons. The first-order chi connectivity index (χ1) is 14.1. The van der Waals surface area contributed by atoms with Gasteiger partial charge in [-0.05, 0) is 56.0 Å². The van der Waals surface area contributed by atoms with Crippen LogP contribution in [0, 0.1) is 13.8 Å². The molecule has 2 N–H and O–H groups in total. The Balaban J connectivity index is 0.00000320. The van der Waals surface area contributed by atoms with Crippen LogP contribution in [0.4, 0.5) is 0 Å². The second kappa shape index (κ2) is 11.7. The van der Waals surface area contributed by atoms with Crippen molar-refractivity contribution < 1.29 is 0 Å². The minimum atomic E-state index is 0. The van der Waals surface area contributed by atoms with Crippen LogP contribution in [-0.4, -0.2) is 27.3 Å². The summed E-state index contributed by atoms with van der Waals surface area (Å²) < 4.78 is 1.86. The molecule has 0 aliphatic heterocycles. The molecule has 0 amide bonds. The number of benzene rings is 1. The van der Waals surface area contributed by atoms with E-state index in [2.05, 4.69) is 64.9 Å². The first kappa shape index (κ1) is 23.9. The second-order valence-electron chi connectivity index (χ2n) is 7.03. The second-order valence-corrected chi connectivity index (χ2v) is 7.03. The van der Waals surface area contributed by atoms with Gasteiger partial charge in [0.25, 0.3) is 0 Å². The van der Waals surface area contributed by atoms with E-state index in [0.717, 1.165) is 48.2 Å². The smallest absolute Gasteiger partial charge is 0.191 e. The first-order valence-electron chi connectivity index (χ1n) is 10.2. The number of pyridine rings is 1. The molecule has 3 rings (SSSR count). The van der Waals surface area contributed by atoms with Gasteiger partial charge < -0.3 is 10.6 Å². The van der Waals surface area contributed by atoms with Crippen molar-refractivity contribution in [2.75, 3.05) is 6.54 Å². The summed E-state index contributed by atoms with van der Waals surface area (Å²) >= 11 is 0. The number of hydrogen-bond acceptors (Lipinski definition) is 3. The van der Waals surface area contributed by atoms with Crippen molar-refractivity contribution in [3.63, 3.8) is 0 Å². The number of nitrogens with zero attached hydrogens (tertiary/aromatic N) is 4. The third-order valence-electron chi connectivity index (χ3n) is 4.75. The van der Waals surface area contributed by atoms with E-state index in [1.165, 1.54) is 11.1 Å². The molecule has 1 aromatic carbocycles. The van der Waals surface area contributed by atoms with Gasteiger partial charge in [-0.15, -0.1) is 24.0 Å². The van der Waals surface area contributed by atoms with Crippen LogP contribution < -0.4 is 10.6 Å². The van der Waals surface area contributed by atoms with Crippen LogP contribution in [0.3, 0.4) is 0 Å². The molecule has 0 unspecified atom stereocenters. The first-order valence-corrected chi connectivity index (χ1v) is 10.2. The number of rotatable bonds is 7. The lowest BCUT2D eigenvalue weighted by Gasteiger charge is -2.13. The topological polar surface area (TPSA) is 67.1 Å². The maximum absolute atomic E-state index is 4.71. The molecule has 30 heavy (non-hydrogen) atoms. The zero-order valence-corrected chi connectivity index (χ0v) is 20.5. The lowest BCUT2D eigenvalue weighted by molar-refractivity contribution is 0.798. The Kier molecular flexibility index (Phi) is 9.29. The summed E-state index contributed by atoms with van der Waals surface area (Å²) in [6.07, 6.45) is 2.89. The molecule has 0 atom stereocenters. The quantitative estimate of drug-likeness (QED) is 0.278. The Bertz CT molecular complexity index is 962. The van der Waals surface area contributed by atoms with Crippen LogP contribution >= 0.6 is 24.0 Å². The normalized spacial score (nSPS) is 11.1. The lowest BCUT2D eigenvalue weighted by atomic mass is 10.1. The van der Waals surface area contributed by atoms with Crippen LogP contribution in [0.5, 0.6) is 0 Å². The van der Waals surface area contributed by atoms with Crippen LogP contribution in [0.2, 0.25) is 0 Å². The Morgan fingerprint density at radius 1 is 1.03 bits per heavy atom. The molecule has 7 heteroatoms. The van der Waals surface area contributed by atoms with E-state index in [1.807, 2.05) is 36.9 Å². The van der Waals surface area contributed by atoms with Gasteiger partial charge in [-0.25, -0.2) is 14.7 Å².